The Kier molecular flexibility index (Phi) is 6.80. The SMILES string of the molecule is COC(=O)c1ccc(CN/C=C(/C#N)C(=O)Nc2ccc(N)c(Cl)c2)cc1. The number of hydrogen-bond acceptors (Lipinski definition) is 6. The Hall–Kier alpha value is -3.50. The maximum atomic E-state index is 12.2. The number of nitrogens with two attached hydrogens (primary N) is 1. The number of anilines is 2. The lowest BCUT2D eigenvalue weighted by atomic mass is 10.1. The normalized spacial score (nSPS) is 10.6. The van der Waals surface area contributed by atoms with Gasteiger partial charge in [0.15, 0.2) is 0 Å². The van der Waals surface area contributed by atoms with Crippen molar-refractivity contribution < 1.29 is 14.3 Å². The molecule has 4 N–H and O–H groups in total. The molecule has 0 aliphatic heterocycles. The number of carbonyl (C=O) groups excluding carboxylic acids is 2. The molecule has 27 heavy (non-hydrogen) atoms. The van der Waals surface area contributed by atoms with Crippen molar-refractivity contribution in [2.45, 2.75) is 6.54 Å². The number of ether oxygens (including phenoxy) is 1. The fourth-order valence-electron chi connectivity index (χ4n) is 2.10. The molecule has 0 aromatic heterocycles. The van der Waals surface area contributed by atoms with Crippen molar-refractivity contribution in [3.8, 4) is 6.07 Å². The Balaban J connectivity index is 1.97. The minimum atomic E-state index is -0.577. The van der Waals surface area contributed by atoms with Gasteiger partial charge in [0.1, 0.15) is 11.6 Å². The van der Waals surface area contributed by atoms with Crippen molar-refractivity contribution in [2.24, 2.45) is 0 Å². The summed E-state index contributed by atoms with van der Waals surface area (Å²) in [5, 5.41) is 15.0. The molecule has 2 aromatic carbocycles. The minimum absolute atomic E-state index is 0.103. The van der Waals surface area contributed by atoms with Gasteiger partial charge in [-0.2, -0.15) is 5.26 Å². The van der Waals surface area contributed by atoms with E-state index in [1.807, 2.05) is 6.07 Å². The molecule has 7 nitrogen and oxygen atoms in total. The molecule has 0 unspecified atom stereocenters. The van der Waals surface area contributed by atoms with Crippen LogP contribution in [-0.2, 0) is 16.1 Å². The van der Waals surface area contributed by atoms with E-state index in [1.165, 1.54) is 19.4 Å². The first-order valence-corrected chi connectivity index (χ1v) is 8.19. The van der Waals surface area contributed by atoms with Gasteiger partial charge in [-0.05, 0) is 35.9 Å². The standard InChI is InChI=1S/C19H17ClN4O3/c1-27-19(26)13-4-2-12(3-5-13)10-23-11-14(9-21)18(25)24-15-6-7-17(22)16(20)8-15/h2-8,11,23H,10,22H2,1H3,(H,24,25)/b14-11-. The van der Waals surface area contributed by atoms with E-state index >= 15 is 0 Å². The van der Waals surface area contributed by atoms with Gasteiger partial charge in [-0.15, -0.1) is 0 Å². The number of benzene rings is 2. The Bertz CT molecular complexity index is 918. The van der Waals surface area contributed by atoms with Crippen LogP contribution in [-0.4, -0.2) is 19.0 Å². The molecule has 0 bridgehead atoms. The van der Waals surface area contributed by atoms with E-state index in [1.54, 1.807) is 36.4 Å². The summed E-state index contributed by atoms with van der Waals surface area (Å²) in [6.45, 7) is 0.369. The second kappa shape index (κ2) is 9.27. The maximum absolute atomic E-state index is 12.2. The molecule has 0 radical (unpaired) electrons. The van der Waals surface area contributed by atoms with E-state index in [-0.39, 0.29) is 5.57 Å². The number of nitrogens with zero attached hydrogens (tertiary/aromatic N) is 1. The molecule has 0 saturated carbocycles. The van der Waals surface area contributed by atoms with Gasteiger partial charge in [0.2, 0.25) is 0 Å². The van der Waals surface area contributed by atoms with Crippen LogP contribution in [0, 0.1) is 11.3 Å². The monoisotopic (exact) mass is 384 g/mol. The summed E-state index contributed by atoms with van der Waals surface area (Å²) >= 11 is 5.90. The molecule has 1 amide bonds. The first-order valence-electron chi connectivity index (χ1n) is 7.82. The third-order valence-corrected chi connectivity index (χ3v) is 3.88. The number of esters is 1. The Morgan fingerprint density at radius 3 is 2.56 bits per heavy atom. The number of methoxy groups -OCH3 is 1. The molecular weight excluding hydrogens is 368 g/mol. The summed E-state index contributed by atoms with van der Waals surface area (Å²) in [7, 11) is 1.31. The highest BCUT2D eigenvalue weighted by molar-refractivity contribution is 6.33. The average Bonchev–Trinajstić information content (AvgIpc) is 2.68. The van der Waals surface area contributed by atoms with Crippen LogP contribution in [0.5, 0.6) is 0 Å². The van der Waals surface area contributed by atoms with Crippen molar-refractivity contribution in [3.05, 3.63) is 70.4 Å². The lowest BCUT2D eigenvalue weighted by Crippen LogP contribution is -2.16. The van der Waals surface area contributed by atoms with E-state index in [2.05, 4.69) is 15.4 Å². The fraction of sp³-hybridized carbons (Fsp3) is 0.105. The number of nitrogens with one attached hydrogen (secondary N) is 2. The van der Waals surface area contributed by atoms with Gasteiger partial charge in [-0.25, -0.2) is 4.79 Å². The van der Waals surface area contributed by atoms with Crippen LogP contribution in [0.3, 0.4) is 0 Å². The molecule has 2 rings (SSSR count). The minimum Gasteiger partial charge on any atom is -0.465 e. The van der Waals surface area contributed by atoms with E-state index in [0.717, 1.165) is 5.56 Å². The summed E-state index contributed by atoms with van der Waals surface area (Å²) in [6.07, 6.45) is 1.32. The molecule has 0 spiro atoms. The van der Waals surface area contributed by atoms with E-state index in [9.17, 15) is 14.9 Å². The molecule has 0 fully saturated rings. The van der Waals surface area contributed by atoms with E-state index in [4.69, 9.17) is 17.3 Å². The van der Waals surface area contributed by atoms with Crippen LogP contribution >= 0.6 is 11.6 Å². The molecule has 0 atom stereocenters. The smallest absolute Gasteiger partial charge is 0.337 e. The lowest BCUT2D eigenvalue weighted by molar-refractivity contribution is -0.112. The Labute approximate surface area is 161 Å². The molecule has 8 heteroatoms. The highest BCUT2D eigenvalue weighted by atomic mass is 35.5. The first kappa shape index (κ1) is 19.8. The average molecular weight is 385 g/mol. The van der Waals surface area contributed by atoms with Gasteiger partial charge in [0.05, 0.1) is 23.4 Å². The molecule has 0 aliphatic carbocycles. The lowest BCUT2D eigenvalue weighted by Gasteiger charge is -2.07. The van der Waals surface area contributed by atoms with Crippen molar-refractivity contribution in [2.75, 3.05) is 18.2 Å². The summed E-state index contributed by atoms with van der Waals surface area (Å²) < 4.78 is 4.63. The zero-order chi connectivity index (χ0) is 19.8. The van der Waals surface area contributed by atoms with Crippen LogP contribution in [0.15, 0.2) is 54.2 Å². The third-order valence-electron chi connectivity index (χ3n) is 3.55. The molecule has 0 aliphatic rings. The number of carbonyl (C=O) groups is 2. The summed E-state index contributed by atoms with van der Waals surface area (Å²) in [6, 6.07) is 13.2. The quantitative estimate of drug-likeness (QED) is 0.305. The van der Waals surface area contributed by atoms with Gasteiger partial charge in [-0.3, -0.25) is 4.79 Å². The predicted octanol–water partition coefficient (Wildman–Crippen LogP) is 2.84. The molecule has 0 heterocycles. The fourth-order valence-corrected chi connectivity index (χ4v) is 2.28. The molecule has 138 valence electrons. The summed E-state index contributed by atoms with van der Waals surface area (Å²) in [5.41, 5.74) is 7.64. The summed E-state index contributed by atoms with van der Waals surface area (Å²) in [5.74, 6) is -0.993. The topological polar surface area (TPSA) is 117 Å². The van der Waals surface area contributed by atoms with Crippen LogP contribution in [0.1, 0.15) is 15.9 Å². The molecular formula is C19H17ClN4O3. The van der Waals surface area contributed by atoms with E-state index < -0.39 is 11.9 Å². The number of rotatable bonds is 6. The zero-order valence-electron chi connectivity index (χ0n) is 14.5. The van der Waals surface area contributed by atoms with Crippen LogP contribution in [0.25, 0.3) is 0 Å². The Morgan fingerprint density at radius 2 is 1.96 bits per heavy atom. The van der Waals surface area contributed by atoms with Crippen molar-refractivity contribution in [3.63, 3.8) is 0 Å². The van der Waals surface area contributed by atoms with Crippen molar-refractivity contribution in [1.82, 2.24) is 5.32 Å². The van der Waals surface area contributed by atoms with Crippen LogP contribution in [0.2, 0.25) is 5.02 Å². The Morgan fingerprint density at radius 1 is 1.26 bits per heavy atom. The van der Waals surface area contributed by atoms with Gasteiger partial charge in [0.25, 0.3) is 5.91 Å². The van der Waals surface area contributed by atoms with E-state index in [0.29, 0.717) is 28.5 Å². The second-order valence-corrected chi connectivity index (χ2v) is 5.84. The number of hydrogen-bond donors (Lipinski definition) is 3. The van der Waals surface area contributed by atoms with Gasteiger partial charge >= 0.3 is 5.97 Å². The van der Waals surface area contributed by atoms with Crippen molar-refractivity contribution >= 4 is 34.9 Å². The number of nitrogen functional groups attached to an aromatic ring is 1. The second-order valence-electron chi connectivity index (χ2n) is 5.43. The van der Waals surface area contributed by atoms with Gasteiger partial charge in [-0.1, -0.05) is 23.7 Å². The van der Waals surface area contributed by atoms with Gasteiger partial charge < -0.3 is 21.1 Å². The highest BCUT2D eigenvalue weighted by Crippen LogP contribution is 2.22. The third kappa shape index (κ3) is 5.49. The van der Waals surface area contributed by atoms with Gasteiger partial charge in [0, 0.05) is 18.4 Å². The number of halogens is 1. The van der Waals surface area contributed by atoms with Crippen molar-refractivity contribution in [1.29, 1.82) is 5.26 Å². The zero-order valence-corrected chi connectivity index (χ0v) is 15.2. The van der Waals surface area contributed by atoms with Crippen LogP contribution in [0.4, 0.5) is 11.4 Å². The number of nitriles is 1. The van der Waals surface area contributed by atoms with Crippen LogP contribution < -0.4 is 16.4 Å². The number of amides is 1. The first-order chi connectivity index (χ1) is 12.9. The largest absolute Gasteiger partial charge is 0.465 e. The highest BCUT2D eigenvalue weighted by Gasteiger charge is 2.10. The summed E-state index contributed by atoms with van der Waals surface area (Å²) in [4.78, 5) is 23.6. The maximum Gasteiger partial charge on any atom is 0.337 e. The predicted molar refractivity (Wildman–Crippen MR) is 103 cm³/mol. The molecule has 2 aromatic rings. The molecule has 0 saturated heterocycles.